The molecule has 0 aliphatic carbocycles. The topological polar surface area (TPSA) is 38.7 Å². The summed E-state index contributed by atoms with van der Waals surface area (Å²) in [4.78, 5) is 4.03. The van der Waals surface area contributed by atoms with Gasteiger partial charge < -0.3 is 0 Å². The van der Waals surface area contributed by atoms with E-state index in [0.29, 0.717) is 5.25 Å². The molecule has 0 radical (unpaired) electrons. The predicted octanol–water partition coefficient (Wildman–Crippen LogP) is 3.90. The highest BCUT2D eigenvalue weighted by molar-refractivity contribution is 8.03. The molecule has 0 spiro atoms. The minimum Gasteiger partial charge on any atom is -0.265 e. The normalized spacial score (nSPS) is 12.6. The Morgan fingerprint density at radius 2 is 1.94 bits per heavy atom. The molecule has 2 aromatic heterocycles. The fourth-order valence-electron chi connectivity index (χ4n) is 1.28. The van der Waals surface area contributed by atoms with E-state index in [1.165, 1.54) is 5.56 Å². The van der Waals surface area contributed by atoms with Gasteiger partial charge in [-0.15, -0.1) is 10.2 Å². The first kappa shape index (κ1) is 12.9. The van der Waals surface area contributed by atoms with Gasteiger partial charge in [-0.05, 0) is 30.4 Å². The average molecular weight is 283 g/mol. The molecule has 0 N–H and O–H groups in total. The van der Waals surface area contributed by atoms with Crippen molar-refractivity contribution in [1.29, 1.82) is 0 Å². The summed E-state index contributed by atoms with van der Waals surface area (Å²) >= 11 is 5.16. The van der Waals surface area contributed by atoms with E-state index < -0.39 is 0 Å². The van der Waals surface area contributed by atoms with Crippen molar-refractivity contribution in [1.82, 2.24) is 15.2 Å². The molecular formula is C11H13N3S3. The largest absolute Gasteiger partial charge is 0.265 e. The van der Waals surface area contributed by atoms with E-state index in [4.69, 9.17) is 0 Å². The third kappa shape index (κ3) is 3.69. The van der Waals surface area contributed by atoms with Gasteiger partial charge in [-0.3, -0.25) is 4.98 Å². The minimum absolute atomic E-state index is 0.380. The standard InChI is InChI=1S/C11H13N3S3/c1-3-15-10-13-14-11(17-10)16-8(2)9-4-6-12-7-5-9/h4-8H,3H2,1-2H3/t8-/m1/s1. The van der Waals surface area contributed by atoms with E-state index in [0.717, 1.165) is 14.4 Å². The highest BCUT2D eigenvalue weighted by Gasteiger charge is 2.11. The highest BCUT2D eigenvalue weighted by Crippen LogP contribution is 2.37. The fourth-order valence-corrected chi connectivity index (χ4v) is 4.47. The van der Waals surface area contributed by atoms with Crippen LogP contribution in [0.5, 0.6) is 0 Å². The number of rotatable bonds is 5. The Morgan fingerprint density at radius 3 is 2.65 bits per heavy atom. The van der Waals surface area contributed by atoms with Crippen molar-refractivity contribution in [3.8, 4) is 0 Å². The van der Waals surface area contributed by atoms with Gasteiger partial charge in [0.05, 0.1) is 0 Å². The van der Waals surface area contributed by atoms with Crippen molar-refractivity contribution in [3.05, 3.63) is 30.1 Å². The minimum atomic E-state index is 0.380. The number of pyridine rings is 1. The van der Waals surface area contributed by atoms with Crippen LogP contribution in [0.25, 0.3) is 0 Å². The number of hydrogen-bond acceptors (Lipinski definition) is 6. The summed E-state index contributed by atoms with van der Waals surface area (Å²) < 4.78 is 2.09. The predicted molar refractivity (Wildman–Crippen MR) is 74.8 cm³/mol. The molecule has 17 heavy (non-hydrogen) atoms. The Kier molecular flexibility index (Phi) is 4.82. The van der Waals surface area contributed by atoms with Gasteiger partial charge in [-0.2, -0.15) is 0 Å². The molecule has 1 atom stereocenters. The van der Waals surface area contributed by atoms with Crippen molar-refractivity contribution in [2.75, 3.05) is 5.75 Å². The van der Waals surface area contributed by atoms with Crippen molar-refractivity contribution >= 4 is 34.9 Å². The van der Waals surface area contributed by atoms with Crippen LogP contribution in [-0.2, 0) is 0 Å². The van der Waals surface area contributed by atoms with Crippen LogP contribution < -0.4 is 0 Å². The number of thioether (sulfide) groups is 2. The quantitative estimate of drug-likeness (QED) is 0.778. The summed E-state index contributed by atoms with van der Waals surface area (Å²) in [5.41, 5.74) is 1.27. The van der Waals surface area contributed by atoms with Crippen LogP contribution in [-0.4, -0.2) is 20.9 Å². The number of aromatic nitrogens is 3. The molecule has 0 unspecified atom stereocenters. The second-order valence-electron chi connectivity index (χ2n) is 3.31. The zero-order valence-corrected chi connectivity index (χ0v) is 12.1. The molecule has 0 saturated heterocycles. The van der Waals surface area contributed by atoms with Gasteiger partial charge in [-0.25, -0.2) is 0 Å². The summed E-state index contributed by atoms with van der Waals surface area (Å²) in [6.07, 6.45) is 3.65. The maximum atomic E-state index is 4.20. The summed E-state index contributed by atoms with van der Waals surface area (Å²) in [5, 5.41) is 8.73. The third-order valence-corrected chi connectivity index (χ3v) is 5.29. The van der Waals surface area contributed by atoms with Crippen LogP contribution >= 0.6 is 34.9 Å². The van der Waals surface area contributed by atoms with Crippen LogP contribution in [0.15, 0.2) is 33.2 Å². The number of nitrogens with zero attached hydrogens (tertiary/aromatic N) is 3. The van der Waals surface area contributed by atoms with Gasteiger partial charge in [-0.1, -0.05) is 41.8 Å². The Bertz CT molecular complexity index is 458. The van der Waals surface area contributed by atoms with E-state index in [9.17, 15) is 0 Å². The maximum absolute atomic E-state index is 4.20. The first-order valence-electron chi connectivity index (χ1n) is 5.32. The van der Waals surface area contributed by atoms with Crippen molar-refractivity contribution in [3.63, 3.8) is 0 Å². The summed E-state index contributed by atoms with van der Waals surface area (Å²) in [6.45, 7) is 4.30. The van der Waals surface area contributed by atoms with Gasteiger partial charge in [0, 0.05) is 17.6 Å². The smallest absolute Gasteiger partial charge is 0.175 e. The molecule has 3 nitrogen and oxygen atoms in total. The molecule has 0 aliphatic rings. The van der Waals surface area contributed by atoms with Crippen LogP contribution in [0.4, 0.5) is 0 Å². The lowest BCUT2D eigenvalue weighted by Crippen LogP contribution is -1.87. The zero-order valence-electron chi connectivity index (χ0n) is 9.66. The molecule has 0 amide bonds. The molecule has 90 valence electrons. The monoisotopic (exact) mass is 283 g/mol. The Morgan fingerprint density at radius 1 is 1.24 bits per heavy atom. The Balaban J connectivity index is 2.00. The van der Waals surface area contributed by atoms with Crippen LogP contribution in [0.2, 0.25) is 0 Å². The number of hydrogen-bond donors (Lipinski definition) is 0. The first-order valence-corrected chi connectivity index (χ1v) is 8.00. The first-order chi connectivity index (χ1) is 8.29. The SMILES string of the molecule is CCSc1nnc(S[C@H](C)c2ccncc2)s1. The lowest BCUT2D eigenvalue weighted by molar-refractivity contribution is 0.949. The van der Waals surface area contributed by atoms with E-state index in [1.54, 1.807) is 34.9 Å². The molecule has 0 fully saturated rings. The molecule has 2 aromatic rings. The van der Waals surface area contributed by atoms with Crippen LogP contribution in [0.3, 0.4) is 0 Å². The lowest BCUT2D eigenvalue weighted by Gasteiger charge is -2.07. The van der Waals surface area contributed by atoms with Crippen molar-refractivity contribution < 1.29 is 0 Å². The molecule has 2 heterocycles. The molecule has 6 heteroatoms. The van der Waals surface area contributed by atoms with E-state index in [-0.39, 0.29) is 0 Å². The second-order valence-corrected chi connectivity index (χ2v) is 7.38. The van der Waals surface area contributed by atoms with Gasteiger partial charge in [0.25, 0.3) is 0 Å². The fraction of sp³-hybridized carbons (Fsp3) is 0.364. The third-order valence-electron chi connectivity index (χ3n) is 2.11. The van der Waals surface area contributed by atoms with Gasteiger partial charge in [0.1, 0.15) is 0 Å². The van der Waals surface area contributed by atoms with Crippen LogP contribution in [0, 0.1) is 0 Å². The van der Waals surface area contributed by atoms with Crippen LogP contribution in [0.1, 0.15) is 24.7 Å². The highest BCUT2D eigenvalue weighted by atomic mass is 32.2. The van der Waals surface area contributed by atoms with Gasteiger partial charge in [0.15, 0.2) is 8.68 Å². The summed E-state index contributed by atoms with van der Waals surface area (Å²) in [5.74, 6) is 1.04. The average Bonchev–Trinajstić information content (AvgIpc) is 2.78. The second kappa shape index (κ2) is 6.37. The maximum Gasteiger partial charge on any atom is 0.175 e. The molecular weight excluding hydrogens is 270 g/mol. The Hall–Kier alpha value is -0.590. The van der Waals surface area contributed by atoms with Crippen molar-refractivity contribution in [2.24, 2.45) is 0 Å². The summed E-state index contributed by atoms with van der Waals surface area (Å²) in [7, 11) is 0. The van der Waals surface area contributed by atoms with E-state index >= 15 is 0 Å². The summed E-state index contributed by atoms with van der Waals surface area (Å²) in [6, 6.07) is 4.08. The lowest BCUT2D eigenvalue weighted by atomic mass is 10.2. The molecule has 2 rings (SSSR count). The molecule has 0 aliphatic heterocycles. The van der Waals surface area contributed by atoms with E-state index in [2.05, 4.69) is 29.0 Å². The molecule has 0 saturated carbocycles. The molecule has 0 aromatic carbocycles. The van der Waals surface area contributed by atoms with Crippen molar-refractivity contribution in [2.45, 2.75) is 27.8 Å². The van der Waals surface area contributed by atoms with Gasteiger partial charge in [0.2, 0.25) is 0 Å². The van der Waals surface area contributed by atoms with Gasteiger partial charge >= 0.3 is 0 Å². The zero-order chi connectivity index (χ0) is 12.1. The Labute approximate surface area is 113 Å². The van der Waals surface area contributed by atoms with E-state index in [1.807, 2.05) is 24.5 Å². The molecule has 0 bridgehead atoms.